The number of halogens is 1. The van der Waals surface area contributed by atoms with Gasteiger partial charge in [-0.1, -0.05) is 12.1 Å². The molecule has 0 aliphatic heterocycles. The lowest BCUT2D eigenvalue weighted by Crippen LogP contribution is -1.98. The van der Waals surface area contributed by atoms with Gasteiger partial charge in [0.25, 0.3) is 0 Å². The predicted molar refractivity (Wildman–Crippen MR) is 68.8 cm³/mol. The topological polar surface area (TPSA) is 47.5 Å². The molecule has 0 spiro atoms. The zero-order chi connectivity index (χ0) is 12.1. The summed E-state index contributed by atoms with van der Waals surface area (Å²) in [6.07, 6.45) is 3.58. The minimum atomic E-state index is 0.320. The Labute approximate surface area is 107 Å². The first-order chi connectivity index (χ1) is 8.90. The quantitative estimate of drug-likeness (QED) is 0.492. The maximum absolute atomic E-state index is 5.91. The summed E-state index contributed by atoms with van der Waals surface area (Å²) >= 11 is 5.91. The van der Waals surface area contributed by atoms with Gasteiger partial charge in [0.2, 0.25) is 0 Å². The van der Waals surface area contributed by atoms with Gasteiger partial charge in [0.1, 0.15) is 12.0 Å². The number of fused-ring (bicyclic) bond motifs is 6. The summed E-state index contributed by atoms with van der Waals surface area (Å²) in [5.74, 6) is 1.04. The molecule has 3 aromatic heterocycles. The fraction of sp³-hybridized carbons (Fsp3) is 0.0833. The highest BCUT2D eigenvalue weighted by Gasteiger charge is 2.13. The van der Waals surface area contributed by atoms with Crippen LogP contribution in [0, 0.1) is 0 Å². The van der Waals surface area contributed by atoms with E-state index in [2.05, 4.69) is 15.2 Å². The Kier molecular flexibility index (Phi) is 1.87. The Morgan fingerprint density at radius 3 is 2.94 bits per heavy atom. The van der Waals surface area contributed by atoms with Crippen molar-refractivity contribution in [3.05, 3.63) is 42.6 Å². The van der Waals surface area contributed by atoms with Gasteiger partial charge in [-0.15, -0.1) is 21.8 Å². The number of para-hydroxylation sites is 1. The summed E-state index contributed by atoms with van der Waals surface area (Å²) in [7, 11) is 0. The number of alkyl halides is 1. The van der Waals surface area contributed by atoms with E-state index in [0.29, 0.717) is 5.88 Å². The summed E-state index contributed by atoms with van der Waals surface area (Å²) in [5.41, 5.74) is 2.80. The fourth-order valence-electron chi connectivity index (χ4n) is 2.33. The Hall–Kier alpha value is -2.14. The van der Waals surface area contributed by atoms with E-state index in [1.807, 2.05) is 33.1 Å². The monoisotopic (exact) mass is 257 g/mol. The first kappa shape index (κ1) is 9.85. The van der Waals surface area contributed by atoms with Crippen molar-refractivity contribution in [3.63, 3.8) is 0 Å². The van der Waals surface area contributed by atoms with Crippen LogP contribution < -0.4 is 0 Å². The number of nitrogens with zero attached hydrogens (tertiary/aromatic N) is 5. The second-order valence-corrected chi connectivity index (χ2v) is 4.32. The molecule has 0 bridgehead atoms. The van der Waals surface area contributed by atoms with Crippen molar-refractivity contribution in [3.8, 4) is 0 Å². The Balaban J connectivity index is 2.41. The Bertz CT molecular complexity index is 876. The van der Waals surface area contributed by atoms with E-state index in [-0.39, 0.29) is 0 Å². The Morgan fingerprint density at radius 1 is 1.17 bits per heavy atom. The third kappa shape index (κ3) is 1.09. The van der Waals surface area contributed by atoms with Crippen LogP contribution in [0.3, 0.4) is 0 Å². The lowest BCUT2D eigenvalue weighted by atomic mass is 10.2. The molecule has 4 rings (SSSR count). The first-order valence-electron chi connectivity index (χ1n) is 5.53. The fourth-order valence-corrected chi connectivity index (χ4v) is 2.50. The molecule has 4 aromatic rings. The third-order valence-electron chi connectivity index (χ3n) is 3.10. The van der Waals surface area contributed by atoms with Gasteiger partial charge in [0, 0.05) is 5.39 Å². The van der Waals surface area contributed by atoms with Gasteiger partial charge in [-0.3, -0.25) is 8.80 Å². The van der Waals surface area contributed by atoms with Crippen LogP contribution in [-0.4, -0.2) is 24.0 Å². The maximum atomic E-state index is 5.91. The summed E-state index contributed by atoms with van der Waals surface area (Å²) in [5, 5.41) is 9.40. The van der Waals surface area contributed by atoms with Crippen molar-refractivity contribution in [2.45, 2.75) is 5.88 Å². The molecule has 0 saturated heterocycles. The van der Waals surface area contributed by atoms with Crippen LogP contribution in [0.15, 0.2) is 36.8 Å². The van der Waals surface area contributed by atoms with Gasteiger partial charge >= 0.3 is 0 Å². The number of rotatable bonds is 1. The molecule has 3 heterocycles. The first-order valence-corrected chi connectivity index (χ1v) is 6.06. The number of imidazole rings is 1. The SMILES string of the molecule is ClCc1nnc2c3ccccc3n3cncc3n12. The Morgan fingerprint density at radius 2 is 2.06 bits per heavy atom. The van der Waals surface area contributed by atoms with E-state index >= 15 is 0 Å². The molecule has 0 amide bonds. The smallest absolute Gasteiger partial charge is 0.171 e. The number of hydrogen-bond donors (Lipinski definition) is 0. The van der Waals surface area contributed by atoms with E-state index in [4.69, 9.17) is 11.6 Å². The van der Waals surface area contributed by atoms with Gasteiger partial charge in [0.05, 0.1) is 17.6 Å². The molecule has 0 fully saturated rings. The summed E-state index contributed by atoms with van der Waals surface area (Å²) in [6, 6.07) is 8.05. The van der Waals surface area contributed by atoms with Crippen LogP contribution >= 0.6 is 11.6 Å². The molecule has 0 N–H and O–H groups in total. The number of aromatic nitrogens is 5. The molecule has 1 aromatic carbocycles. The summed E-state index contributed by atoms with van der Waals surface area (Å²) in [4.78, 5) is 4.20. The van der Waals surface area contributed by atoms with Gasteiger partial charge in [-0.25, -0.2) is 4.98 Å². The second kappa shape index (κ2) is 3.43. The highest BCUT2D eigenvalue weighted by Crippen LogP contribution is 2.22. The molecule has 0 unspecified atom stereocenters. The third-order valence-corrected chi connectivity index (χ3v) is 3.34. The lowest BCUT2D eigenvalue weighted by Gasteiger charge is -2.05. The lowest BCUT2D eigenvalue weighted by molar-refractivity contribution is 0.988. The zero-order valence-corrected chi connectivity index (χ0v) is 10.0. The normalized spacial score (nSPS) is 11.8. The summed E-state index contributed by atoms with van der Waals surface area (Å²) < 4.78 is 3.96. The van der Waals surface area contributed by atoms with Gasteiger partial charge in [-0.2, -0.15) is 0 Å². The molecule has 5 nitrogen and oxygen atoms in total. The van der Waals surface area contributed by atoms with Gasteiger partial charge in [-0.05, 0) is 12.1 Å². The molecule has 0 radical (unpaired) electrons. The average Bonchev–Trinajstić information content (AvgIpc) is 3.05. The van der Waals surface area contributed by atoms with Crippen molar-refractivity contribution in [2.75, 3.05) is 0 Å². The van der Waals surface area contributed by atoms with E-state index in [9.17, 15) is 0 Å². The maximum Gasteiger partial charge on any atom is 0.171 e. The molecular formula is C12H8ClN5. The second-order valence-electron chi connectivity index (χ2n) is 4.05. The molecule has 6 heteroatoms. The minimum absolute atomic E-state index is 0.320. The van der Waals surface area contributed by atoms with E-state index in [1.54, 1.807) is 12.5 Å². The van der Waals surface area contributed by atoms with Crippen molar-refractivity contribution in [1.29, 1.82) is 0 Å². The van der Waals surface area contributed by atoms with E-state index in [0.717, 1.165) is 28.0 Å². The van der Waals surface area contributed by atoms with Crippen LogP contribution in [-0.2, 0) is 5.88 Å². The minimum Gasteiger partial charge on any atom is -0.284 e. The number of hydrogen-bond acceptors (Lipinski definition) is 3. The van der Waals surface area contributed by atoms with Crippen LogP contribution in [0.2, 0.25) is 0 Å². The van der Waals surface area contributed by atoms with Crippen LogP contribution in [0.4, 0.5) is 0 Å². The van der Waals surface area contributed by atoms with Crippen LogP contribution in [0.5, 0.6) is 0 Å². The van der Waals surface area contributed by atoms with Crippen LogP contribution in [0.1, 0.15) is 5.82 Å². The van der Waals surface area contributed by atoms with Crippen molar-refractivity contribution < 1.29 is 0 Å². The summed E-state index contributed by atoms with van der Waals surface area (Å²) in [6.45, 7) is 0. The van der Waals surface area contributed by atoms with Crippen molar-refractivity contribution >= 4 is 33.8 Å². The number of benzene rings is 1. The predicted octanol–water partition coefficient (Wildman–Crippen LogP) is 2.27. The van der Waals surface area contributed by atoms with E-state index < -0.39 is 0 Å². The van der Waals surface area contributed by atoms with E-state index in [1.165, 1.54) is 0 Å². The molecule has 0 saturated carbocycles. The van der Waals surface area contributed by atoms with Crippen molar-refractivity contribution in [1.82, 2.24) is 24.0 Å². The largest absolute Gasteiger partial charge is 0.284 e. The molecular weight excluding hydrogens is 250 g/mol. The van der Waals surface area contributed by atoms with Crippen LogP contribution in [0.25, 0.3) is 22.2 Å². The average molecular weight is 258 g/mol. The van der Waals surface area contributed by atoms with Crippen molar-refractivity contribution in [2.24, 2.45) is 0 Å². The van der Waals surface area contributed by atoms with Gasteiger partial charge in [0.15, 0.2) is 11.5 Å². The highest BCUT2D eigenvalue weighted by molar-refractivity contribution is 6.16. The molecule has 0 aliphatic rings. The molecule has 0 aliphatic carbocycles. The molecule has 18 heavy (non-hydrogen) atoms. The molecule has 0 atom stereocenters. The standard InChI is InChI=1S/C12H8ClN5/c13-5-10-15-16-12-8-3-1-2-4-9(8)17-7-14-6-11(17)18(10)12/h1-4,6-7H,5H2. The van der Waals surface area contributed by atoms with Gasteiger partial charge < -0.3 is 0 Å². The molecule has 88 valence electrons. The highest BCUT2D eigenvalue weighted by atomic mass is 35.5. The zero-order valence-electron chi connectivity index (χ0n) is 9.29.